The first-order valence-electron chi connectivity index (χ1n) is 5.34. The first-order chi connectivity index (χ1) is 8.20. The molecule has 0 bridgehead atoms. The van der Waals surface area contributed by atoms with Gasteiger partial charge in [0.15, 0.2) is 5.78 Å². The number of nitrogens with one attached hydrogen (secondary N) is 1. The van der Waals surface area contributed by atoms with Gasteiger partial charge in [-0.15, -0.1) is 0 Å². The van der Waals surface area contributed by atoms with E-state index >= 15 is 0 Å². The SMILES string of the molecule is COc1ccc(F)cc1C(=O)CC1=NCCN1. The summed E-state index contributed by atoms with van der Waals surface area (Å²) < 4.78 is 18.1. The van der Waals surface area contributed by atoms with Crippen molar-refractivity contribution in [3.8, 4) is 5.75 Å². The molecule has 5 heteroatoms. The number of benzene rings is 1. The molecular formula is C12H13FN2O2. The highest BCUT2D eigenvalue weighted by molar-refractivity contribution is 6.10. The van der Waals surface area contributed by atoms with Crippen LogP contribution in [0.5, 0.6) is 5.75 Å². The van der Waals surface area contributed by atoms with Gasteiger partial charge in [0.1, 0.15) is 17.4 Å². The average Bonchev–Trinajstić information content (AvgIpc) is 2.81. The molecule has 4 nitrogen and oxygen atoms in total. The number of rotatable bonds is 4. The summed E-state index contributed by atoms with van der Waals surface area (Å²) >= 11 is 0. The van der Waals surface area contributed by atoms with E-state index in [1.807, 2.05) is 0 Å². The first-order valence-corrected chi connectivity index (χ1v) is 5.34. The van der Waals surface area contributed by atoms with Gasteiger partial charge in [-0.25, -0.2) is 4.39 Å². The third kappa shape index (κ3) is 2.61. The lowest BCUT2D eigenvalue weighted by atomic mass is 10.1. The lowest BCUT2D eigenvalue weighted by Gasteiger charge is -2.07. The van der Waals surface area contributed by atoms with Gasteiger partial charge in [0.2, 0.25) is 0 Å². The fourth-order valence-corrected chi connectivity index (χ4v) is 1.71. The number of halogens is 1. The Kier molecular flexibility index (Phi) is 3.37. The van der Waals surface area contributed by atoms with Gasteiger partial charge in [-0.1, -0.05) is 0 Å². The molecule has 0 aliphatic carbocycles. The zero-order valence-corrected chi connectivity index (χ0v) is 9.50. The Bertz CT molecular complexity index is 472. The van der Waals surface area contributed by atoms with Gasteiger partial charge in [-0.3, -0.25) is 9.79 Å². The molecule has 1 heterocycles. The van der Waals surface area contributed by atoms with Gasteiger partial charge >= 0.3 is 0 Å². The molecule has 0 spiro atoms. The molecular weight excluding hydrogens is 223 g/mol. The van der Waals surface area contributed by atoms with Crippen molar-refractivity contribution >= 4 is 11.6 Å². The van der Waals surface area contributed by atoms with Gasteiger partial charge in [-0.05, 0) is 18.2 Å². The largest absolute Gasteiger partial charge is 0.496 e. The van der Waals surface area contributed by atoms with E-state index in [4.69, 9.17) is 4.74 Å². The number of ketones is 1. The van der Waals surface area contributed by atoms with Gasteiger partial charge in [0.05, 0.1) is 25.6 Å². The van der Waals surface area contributed by atoms with Gasteiger partial charge in [0, 0.05) is 6.54 Å². The van der Waals surface area contributed by atoms with E-state index in [1.165, 1.54) is 25.3 Å². The van der Waals surface area contributed by atoms with E-state index in [0.29, 0.717) is 18.1 Å². The smallest absolute Gasteiger partial charge is 0.174 e. The fraction of sp³-hybridized carbons (Fsp3) is 0.333. The van der Waals surface area contributed by atoms with E-state index < -0.39 is 5.82 Å². The summed E-state index contributed by atoms with van der Waals surface area (Å²) in [5, 5.41) is 3.00. The summed E-state index contributed by atoms with van der Waals surface area (Å²) in [4.78, 5) is 16.1. The number of Topliss-reactive ketones (excluding diaryl/α,β-unsaturated/α-hetero) is 1. The summed E-state index contributed by atoms with van der Waals surface area (Å²) in [6.45, 7) is 1.44. The molecule has 0 unspecified atom stereocenters. The molecule has 1 aliphatic rings. The highest BCUT2D eigenvalue weighted by atomic mass is 19.1. The number of methoxy groups -OCH3 is 1. The molecule has 1 N–H and O–H groups in total. The maximum atomic E-state index is 13.1. The zero-order valence-electron chi connectivity index (χ0n) is 9.50. The van der Waals surface area contributed by atoms with Crippen molar-refractivity contribution in [3.63, 3.8) is 0 Å². The van der Waals surface area contributed by atoms with Crippen LogP contribution in [0, 0.1) is 5.82 Å². The summed E-state index contributed by atoms with van der Waals surface area (Å²) in [5.74, 6) is 0.390. The Hall–Kier alpha value is -1.91. The molecule has 0 aromatic heterocycles. The minimum atomic E-state index is -0.449. The van der Waals surface area contributed by atoms with Gasteiger partial charge < -0.3 is 10.1 Å². The second-order valence-corrected chi connectivity index (χ2v) is 3.70. The number of nitrogens with zero attached hydrogens (tertiary/aromatic N) is 1. The number of carbonyl (C=O) groups is 1. The predicted molar refractivity (Wildman–Crippen MR) is 62.2 cm³/mol. The third-order valence-electron chi connectivity index (χ3n) is 2.53. The standard InChI is InChI=1S/C12H13FN2O2/c1-17-11-3-2-8(13)6-9(11)10(16)7-12-14-4-5-15-12/h2-3,6H,4-5,7H2,1H3,(H,14,15). The van der Waals surface area contributed by atoms with Crippen molar-refractivity contribution in [2.45, 2.75) is 6.42 Å². The topological polar surface area (TPSA) is 50.7 Å². The molecule has 0 atom stereocenters. The van der Waals surface area contributed by atoms with Crippen LogP contribution < -0.4 is 10.1 Å². The normalized spacial score (nSPS) is 14.1. The molecule has 1 aliphatic heterocycles. The van der Waals surface area contributed by atoms with Crippen LogP contribution in [0.4, 0.5) is 4.39 Å². The quantitative estimate of drug-likeness (QED) is 0.804. The molecule has 0 amide bonds. The molecule has 1 aromatic rings. The molecule has 17 heavy (non-hydrogen) atoms. The van der Waals surface area contributed by atoms with Crippen LogP contribution in [0.3, 0.4) is 0 Å². The highest BCUT2D eigenvalue weighted by Gasteiger charge is 2.17. The third-order valence-corrected chi connectivity index (χ3v) is 2.53. The molecule has 90 valence electrons. The number of aliphatic imine (C=N–C) groups is 1. The summed E-state index contributed by atoms with van der Waals surface area (Å²) in [6.07, 6.45) is 0.153. The van der Waals surface area contributed by atoms with Gasteiger partial charge in [0.25, 0.3) is 0 Å². The monoisotopic (exact) mass is 236 g/mol. The Morgan fingerprint density at radius 1 is 1.59 bits per heavy atom. The Morgan fingerprint density at radius 3 is 3.06 bits per heavy atom. The highest BCUT2D eigenvalue weighted by Crippen LogP contribution is 2.21. The van der Waals surface area contributed by atoms with Crippen LogP contribution >= 0.6 is 0 Å². The van der Waals surface area contributed by atoms with Crippen molar-refractivity contribution in [1.82, 2.24) is 5.32 Å². The molecule has 0 fully saturated rings. The van der Waals surface area contributed by atoms with Crippen molar-refractivity contribution < 1.29 is 13.9 Å². The Labute approximate surface area is 98.5 Å². The summed E-state index contributed by atoms with van der Waals surface area (Å²) in [5.41, 5.74) is 0.254. The van der Waals surface area contributed by atoms with E-state index in [2.05, 4.69) is 10.3 Å². The van der Waals surface area contributed by atoms with Crippen LogP contribution in [0.25, 0.3) is 0 Å². The molecule has 1 aromatic carbocycles. The molecule has 0 saturated heterocycles. The maximum Gasteiger partial charge on any atom is 0.174 e. The van der Waals surface area contributed by atoms with Crippen molar-refractivity contribution in [1.29, 1.82) is 0 Å². The van der Waals surface area contributed by atoms with Crippen LogP contribution in [-0.4, -0.2) is 31.8 Å². The lowest BCUT2D eigenvalue weighted by Crippen LogP contribution is -2.21. The zero-order chi connectivity index (χ0) is 12.3. The number of amidine groups is 1. The second kappa shape index (κ2) is 4.95. The summed E-state index contributed by atoms with van der Waals surface area (Å²) in [7, 11) is 1.45. The molecule has 0 radical (unpaired) electrons. The van der Waals surface area contributed by atoms with Crippen molar-refractivity contribution in [3.05, 3.63) is 29.6 Å². The van der Waals surface area contributed by atoms with Crippen molar-refractivity contribution in [2.24, 2.45) is 4.99 Å². The Balaban J connectivity index is 2.20. The predicted octanol–water partition coefficient (Wildman–Crippen LogP) is 1.41. The van der Waals surface area contributed by atoms with Crippen LogP contribution in [0.15, 0.2) is 23.2 Å². The van der Waals surface area contributed by atoms with Crippen LogP contribution in [-0.2, 0) is 0 Å². The van der Waals surface area contributed by atoms with Crippen LogP contribution in [0.1, 0.15) is 16.8 Å². The van der Waals surface area contributed by atoms with Crippen LogP contribution in [0.2, 0.25) is 0 Å². The number of hydrogen-bond acceptors (Lipinski definition) is 4. The lowest BCUT2D eigenvalue weighted by molar-refractivity contribution is 0.0996. The number of carbonyl (C=O) groups excluding carboxylic acids is 1. The molecule has 0 saturated carbocycles. The minimum absolute atomic E-state index is 0.153. The van der Waals surface area contributed by atoms with E-state index in [1.54, 1.807) is 0 Å². The first kappa shape index (κ1) is 11.6. The van der Waals surface area contributed by atoms with E-state index in [9.17, 15) is 9.18 Å². The number of ether oxygens (including phenoxy) is 1. The second-order valence-electron chi connectivity index (χ2n) is 3.70. The minimum Gasteiger partial charge on any atom is -0.496 e. The average molecular weight is 236 g/mol. The Morgan fingerprint density at radius 2 is 2.41 bits per heavy atom. The van der Waals surface area contributed by atoms with E-state index in [0.717, 1.165) is 6.54 Å². The van der Waals surface area contributed by atoms with E-state index in [-0.39, 0.29) is 17.8 Å². The van der Waals surface area contributed by atoms with Gasteiger partial charge in [-0.2, -0.15) is 0 Å². The summed E-state index contributed by atoms with van der Waals surface area (Å²) in [6, 6.07) is 3.91. The fourth-order valence-electron chi connectivity index (χ4n) is 1.71. The number of hydrogen-bond donors (Lipinski definition) is 1. The van der Waals surface area contributed by atoms with Crippen molar-refractivity contribution in [2.75, 3.05) is 20.2 Å². The maximum absolute atomic E-state index is 13.1. The molecule has 2 rings (SSSR count).